The Morgan fingerprint density at radius 1 is 1.12 bits per heavy atom. The Morgan fingerprint density at radius 2 is 1.80 bits per heavy atom. The fourth-order valence-corrected chi connectivity index (χ4v) is 3.07. The lowest BCUT2D eigenvalue weighted by Crippen LogP contribution is -2.37. The van der Waals surface area contributed by atoms with Gasteiger partial charge in [0.25, 0.3) is 0 Å². The summed E-state index contributed by atoms with van der Waals surface area (Å²) < 4.78 is 11.3. The highest BCUT2D eigenvalue weighted by atomic mass is 16.5. The van der Waals surface area contributed by atoms with E-state index >= 15 is 0 Å². The second kappa shape index (κ2) is 10.4. The van der Waals surface area contributed by atoms with Crippen LogP contribution in [-0.2, 0) is 4.74 Å². The van der Waals surface area contributed by atoms with E-state index in [0.29, 0.717) is 18.1 Å². The number of rotatable bonds is 9. The van der Waals surface area contributed by atoms with Gasteiger partial charge in [0.1, 0.15) is 11.9 Å². The molecule has 1 aliphatic heterocycles. The van der Waals surface area contributed by atoms with Gasteiger partial charge in [-0.05, 0) is 63.5 Å². The molecule has 1 aromatic carbocycles. The molecule has 0 saturated carbocycles. The van der Waals surface area contributed by atoms with Crippen LogP contribution in [-0.4, -0.2) is 43.2 Å². The van der Waals surface area contributed by atoms with E-state index in [4.69, 9.17) is 9.47 Å². The van der Waals surface area contributed by atoms with Crippen LogP contribution in [0.15, 0.2) is 24.3 Å². The third-order valence-electron chi connectivity index (χ3n) is 4.95. The van der Waals surface area contributed by atoms with Crippen LogP contribution in [0.25, 0.3) is 0 Å². The molecule has 4 heteroatoms. The molecule has 25 heavy (non-hydrogen) atoms. The zero-order chi connectivity index (χ0) is 18.1. The number of carbonyl (C=O) groups is 1. The Kier molecular flexibility index (Phi) is 8.26. The van der Waals surface area contributed by atoms with Crippen molar-refractivity contribution in [3.05, 3.63) is 29.8 Å². The van der Waals surface area contributed by atoms with Gasteiger partial charge in [0.2, 0.25) is 0 Å². The van der Waals surface area contributed by atoms with Gasteiger partial charge < -0.3 is 14.4 Å². The SMILES string of the molecule is CCCCOc1ccc(C(=O)OC(C)C(C)CN2CCCCC2)cc1. The number of hydrogen-bond donors (Lipinski definition) is 0. The van der Waals surface area contributed by atoms with E-state index in [1.807, 2.05) is 19.1 Å². The van der Waals surface area contributed by atoms with E-state index in [9.17, 15) is 4.79 Å². The van der Waals surface area contributed by atoms with Crippen LogP contribution in [0.5, 0.6) is 5.75 Å². The standard InChI is InChI=1S/C21H33NO3/c1-4-5-15-24-20-11-9-19(10-12-20)21(23)25-18(3)17(2)16-22-13-7-6-8-14-22/h9-12,17-18H,4-8,13-16H2,1-3H3. The molecular weight excluding hydrogens is 314 g/mol. The molecule has 1 fully saturated rings. The maximum absolute atomic E-state index is 12.3. The van der Waals surface area contributed by atoms with Gasteiger partial charge in [-0.15, -0.1) is 0 Å². The molecule has 0 radical (unpaired) electrons. The normalized spacial score (nSPS) is 17.7. The van der Waals surface area contributed by atoms with Gasteiger partial charge in [-0.3, -0.25) is 0 Å². The molecule has 140 valence electrons. The van der Waals surface area contributed by atoms with Crippen molar-refractivity contribution in [3.8, 4) is 5.75 Å². The summed E-state index contributed by atoms with van der Waals surface area (Å²) in [5.41, 5.74) is 0.583. The van der Waals surface area contributed by atoms with Crippen molar-refractivity contribution in [2.24, 2.45) is 5.92 Å². The van der Waals surface area contributed by atoms with Gasteiger partial charge in [0.05, 0.1) is 12.2 Å². The van der Waals surface area contributed by atoms with E-state index in [0.717, 1.165) is 25.1 Å². The lowest BCUT2D eigenvalue weighted by Gasteiger charge is -2.31. The molecule has 2 unspecified atom stereocenters. The minimum atomic E-state index is -0.252. The first-order chi connectivity index (χ1) is 12.1. The first-order valence-electron chi connectivity index (χ1n) is 9.76. The number of unbranched alkanes of at least 4 members (excludes halogenated alkanes) is 1. The highest BCUT2D eigenvalue weighted by Gasteiger charge is 2.21. The van der Waals surface area contributed by atoms with Crippen molar-refractivity contribution >= 4 is 5.97 Å². The van der Waals surface area contributed by atoms with Gasteiger partial charge in [-0.25, -0.2) is 4.79 Å². The average molecular weight is 347 g/mol. The Bertz CT molecular complexity index is 508. The van der Waals surface area contributed by atoms with Crippen molar-refractivity contribution in [2.45, 2.75) is 59.0 Å². The summed E-state index contributed by atoms with van der Waals surface area (Å²) in [4.78, 5) is 14.8. The lowest BCUT2D eigenvalue weighted by atomic mass is 10.0. The molecule has 1 saturated heterocycles. The molecule has 0 bridgehead atoms. The highest BCUT2D eigenvalue weighted by molar-refractivity contribution is 5.89. The van der Waals surface area contributed by atoms with Crippen molar-refractivity contribution in [2.75, 3.05) is 26.2 Å². The third kappa shape index (κ3) is 6.69. The molecule has 4 nitrogen and oxygen atoms in total. The molecule has 1 aromatic rings. The Balaban J connectivity index is 1.79. The topological polar surface area (TPSA) is 38.8 Å². The molecule has 0 spiro atoms. The Hall–Kier alpha value is -1.55. The smallest absolute Gasteiger partial charge is 0.338 e. The van der Waals surface area contributed by atoms with E-state index in [-0.39, 0.29) is 12.1 Å². The number of esters is 1. The van der Waals surface area contributed by atoms with Gasteiger partial charge in [0.15, 0.2) is 0 Å². The molecule has 2 atom stereocenters. The summed E-state index contributed by atoms with van der Waals surface area (Å²) in [6, 6.07) is 7.25. The second-order valence-electron chi connectivity index (χ2n) is 7.18. The molecular formula is C21H33NO3. The largest absolute Gasteiger partial charge is 0.494 e. The number of carbonyl (C=O) groups excluding carboxylic acids is 1. The maximum atomic E-state index is 12.3. The number of likely N-dealkylation sites (tertiary alicyclic amines) is 1. The molecule has 0 aliphatic carbocycles. The minimum Gasteiger partial charge on any atom is -0.494 e. The van der Waals surface area contributed by atoms with Crippen LogP contribution < -0.4 is 4.74 Å². The summed E-state index contributed by atoms with van der Waals surface area (Å²) in [5, 5.41) is 0. The predicted octanol–water partition coefficient (Wildman–Crippen LogP) is 4.53. The van der Waals surface area contributed by atoms with Crippen LogP contribution in [0, 0.1) is 5.92 Å². The molecule has 1 aliphatic rings. The van der Waals surface area contributed by atoms with Crippen molar-refractivity contribution in [1.82, 2.24) is 4.90 Å². The van der Waals surface area contributed by atoms with Crippen LogP contribution in [0.2, 0.25) is 0 Å². The van der Waals surface area contributed by atoms with E-state index < -0.39 is 0 Å². The van der Waals surface area contributed by atoms with Crippen molar-refractivity contribution in [3.63, 3.8) is 0 Å². The monoisotopic (exact) mass is 347 g/mol. The van der Waals surface area contributed by atoms with Crippen LogP contribution in [0.1, 0.15) is 63.2 Å². The van der Waals surface area contributed by atoms with Crippen LogP contribution in [0.4, 0.5) is 0 Å². The number of ether oxygens (including phenoxy) is 2. The first-order valence-corrected chi connectivity index (χ1v) is 9.76. The number of nitrogens with zero attached hydrogens (tertiary/aromatic N) is 1. The van der Waals surface area contributed by atoms with E-state index in [2.05, 4.69) is 18.7 Å². The Labute approximate surface area is 152 Å². The van der Waals surface area contributed by atoms with E-state index in [1.54, 1.807) is 12.1 Å². The molecule has 0 aromatic heterocycles. The fraction of sp³-hybridized carbons (Fsp3) is 0.667. The molecule has 2 rings (SSSR count). The first kappa shape index (κ1) is 19.8. The molecule has 1 heterocycles. The second-order valence-corrected chi connectivity index (χ2v) is 7.18. The van der Waals surface area contributed by atoms with Gasteiger partial charge in [0, 0.05) is 12.5 Å². The zero-order valence-electron chi connectivity index (χ0n) is 16.0. The number of benzene rings is 1. The average Bonchev–Trinajstić information content (AvgIpc) is 2.63. The quantitative estimate of drug-likeness (QED) is 0.486. The summed E-state index contributed by atoms with van der Waals surface area (Å²) in [7, 11) is 0. The maximum Gasteiger partial charge on any atom is 0.338 e. The van der Waals surface area contributed by atoms with Gasteiger partial charge in [-0.1, -0.05) is 26.7 Å². The summed E-state index contributed by atoms with van der Waals surface area (Å²) in [6.07, 6.45) is 5.97. The van der Waals surface area contributed by atoms with E-state index in [1.165, 1.54) is 32.4 Å². The predicted molar refractivity (Wildman–Crippen MR) is 101 cm³/mol. The number of hydrogen-bond acceptors (Lipinski definition) is 4. The molecule has 0 amide bonds. The van der Waals surface area contributed by atoms with Gasteiger partial charge >= 0.3 is 5.97 Å². The minimum absolute atomic E-state index is 0.0880. The van der Waals surface area contributed by atoms with Crippen molar-refractivity contribution in [1.29, 1.82) is 0 Å². The summed E-state index contributed by atoms with van der Waals surface area (Å²) in [6.45, 7) is 10.3. The summed E-state index contributed by atoms with van der Waals surface area (Å²) in [5.74, 6) is 0.883. The van der Waals surface area contributed by atoms with Crippen molar-refractivity contribution < 1.29 is 14.3 Å². The van der Waals surface area contributed by atoms with Crippen LogP contribution >= 0.6 is 0 Å². The molecule has 0 N–H and O–H groups in total. The fourth-order valence-electron chi connectivity index (χ4n) is 3.07. The summed E-state index contributed by atoms with van der Waals surface area (Å²) >= 11 is 0. The zero-order valence-corrected chi connectivity index (χ0v) is 16.0. The van der Waals surface area contributed by atoms with Crippen LogP contribution in [0.3, 0.4) is 0 Å². The van der Waals surface area contributed by atoms with Gasteiger partial charge in [-0.2, -0.15) is 0 Å². The third-order valence-corrected chi connectivity index (χ3v) is 4.95. The Morgan fingerprint density at radius 3 is 2.44 bits per heavy atom. The lowest BCUT2D eigenvalue weighted by molar-refractivity contribution is 0.0157. The number of piperidine rings is 1. The highest BCUT2D eigenvalue weighted by Crippen LogP contribution is 2.17.